The monoisotopic (exact) mass is 521 g/mol. The Kier molecular flexibility index (Phi) is 5.95. The number of phenolic OH excluding ortho intramolecular Hbond substituents is 1. The average molecular weight is 522 g/mol. The normalized spacial score (nSPS) is 22.0. The van der Waals surface area contributed by atoms with Gasteiger partial charge in [0.05, 0.1) is 10.7 Å². The van der Waals surface area contributed by atoms with Crippen LogP contribution in [0, 0.1) is 0 Å². The van der Waals surface area contributed by atoms with Crippen LogP contribution in [-0.4, -0.2) is 34.2 Å². The highest BCUT2D eigenvalue weighted by atomic mass is 35.5. The molecule has 0 aromatic heterocycles. The Labute approximate surface area is 217 Å². The van der Waals surface area contributed by atoms with E-state index in [2.05, 4.69) is 0 Å². The molecule has 0 atom stereocenters. The summed E-state index contributed by atoms with van der Waals surface area (Å²) in [7, 11) is 1.97. The first-order chi connectivity index (χ1) is 17.0. The molecule has 3 aromatic rings. The van der Waals surface area contributed by atoms with E-state index >= 15 is 0 Å². The molecule has 0 radical (unpaired) electrons. The number of hydrogen-bond donors (Lipinski definition) is 1. The number of rotatable bonds is 2. The molecule has 35 heavy (non-hydrogen) atoms. The van der Waals surface area contributed by atoms with Gasteiger partial charge in [0.1, 0.15) is 16.3 Å². The Morgan fingerprint density at radius 3 is 2.66 bits per heavy atom. The van der Waals surface area contributed by atoms with E-state index in [1.54, 1.807) is 17.8 Å². The minimum atomic E-state index is -0.00590. The highest BCUT2D eigenvalue weighted by Crippen LogP contribution is 2.51. The molecule has 0 spiro atoms. The van der Waals surface area contributed by atoms with Gasteiger partial charge in [-0.25, -0.2) is 4.99 Å². The van der Waals surface area contributed by atoms with Gasteiger partial charge in [-0.05, 0) is 54.3 Å². The number of benzene rings is 3. The standard InChI is InChI=1S/C27H24ClN3O2S2/c1-30-20-15-17(28)12-14-22(20)34-26(30)24-25(33)31(18-8-3-2-4-9-18)27(35-24)29-23-19-10-6-5-7-16(19)11-13-21(23)32/h5-7,10-15,18,32H,2-4,8-9H2,1H3. The van der Waals surface area contributed by atoms with Crippen molar-refractivity contribution < 1.29 is 9.90 Å². The van der Waals surface area contributed by atoms with Gasteiger partial charge in [-0.15, -0.1) is 0 Å². The number of carbonyl (C=O) groups is 1. The lowest BCUT2D eigenvalue weighted by Crippen LogP contribution is -2.40. The molecule has 1 amide bonds. The van der Waals surface area contributed by atoms with E-state index in [0.717, 1.165) is 52.1 Å². The van der Waals surface area contributed by atoms with Gasteiger partial charge in [0, 0.05) is 28.4 Å². The van der Waals surface area contributed by atoms with Gasteiger partial charge >= 0.3 is 0 Å². The fourth-order valence-electron chi connectivity index (χ4n) is 5.03. The molecule has 1 aliphatic carbocycles. The van der Waals surface area contributed by atoms with Crippen molar-refractivity contribution in [1.29, 1.82) is 0 Å². The van der Waals surface area contributed by atoms with Crippen LogP contribution in [-0.2, 0) is 4.79 Å². The molecule has 6 rings (SSSR count). The lowest BCUT2D eigenvalue weighted by molar-refractivity contribution is -0.124. The van der Waals surface area contributed by atoms with Crippen molar-refractivity contribution >= 4 is 68.3 Å². The van der Waals surface area contributed by atoms with E-state index in [9.17, 15) is 9.90 Å². The molecule has 2 fully saturated rings. The van der Waals surface area contributed by atoms with E-state index in [1.165, 1.54) is 18.2 Å². The van der Waals surface area contributed by atoms with E-state index in [-0.39, 0.29) is 17.7 Å². The van der Waals surface area contributed by atoms with Crippen molar-refractivity contribution in [2.24, 2.45) is 4.99 Å². The number of amides is 1. The summed E-state index contributed by atoms with van der Waals surface area (Å²) >= 11 is 9.25. The number of fused-ring (bicyclic) bond motifs is 2. The summed E-state index contributed by atoms with van der Waals surface area (Å²) in [6.07, 6.45) is 5.35. The largest absolute Gasteiger partial charge is 0.506 e. The van der Waals surface area contributed by atoms with E-state index in [1.807, 2.05) is 65.4 Å². The Balaban J connectivity index is 1.47. The van der Waals surface area contributed by atoms with Crippen molar-refractivity contribution in [2.45, 2.75) is 43.0 Å². The summed E-state index contributed by atoms with van der Waals surface area (Å²) < 4.78 is 0. The molecule has 1 N–H and O–H groups in total. The van der Waals surface area contributed by atoms with Crippen LogP contribution >= 0.6 is 35.1 Å². The second-order valence-corrected chi connectivity index (χ2v) is 11.5. The summed E-state index contributed by atoms with van der Waals surface area (Å²) in [5, 5.41) is 14.8. The third-order valence-electron chi connectivity index (χ3n) is 6.83. The van der Waals surface area contributed by atoms with Crippen LogP contribution in [0.4, 0.5) is 11.4 Å². The fourth-order valence-corrected chi connectivity index (χ4v) is 7.57. The second kappa shape index (κ2) is 9.12. The lowest BCUT2D eigenvalue weighted by Gasteiger charge is -2.30. The van der Waals surface area contributed by atoms with Gasteiger partial charge in [0.2, 0.25) is 0 Å². The third-order valence-corrected chi connectivity index (χ3v) is 9.47. The molecule has 3 aliphatic rings. The Morgan fingerprint density at radius 1 is 1.03 bits per heavy atom. The zero-order valence-corrected chi connectivity index (χ0v) is 21.6. The van der Waals surface area contributed by atoms with E-state index in [4.69, 9.17) is 16.6 Å². The van der Waals surface area contributed by atoms with Crippen molar-refractivity contribution in [2.75, 3.05) is 11.9 Å². The molecular formula is C27H24ClN3O2S2. The van der Waals surface area contributed by atoms with Gasteiger partial charge in [-0.1, -0.05) is 73.0 Å². The van der Waals surface area contributed by atoms with Crippen molar-refractivity contribution in [1.82, 2.24) is 4.90 Å². The van der Waals surface area contributed by atoms with Crippen LogP contribution in [0.3, 0.4) is 0 Å². The molecule has 2 aliphatic heterocycles. The van der Waals surface area contributed by atoms with Crippen LogP contribution in [0.1, 0.15) is 32.1 Å². The molecular weight excluding hydrogens is 498 g/mol. The maximum atomic E-state index is 13.9. The smallest absolute Gasteiger partial charge is 0.269 e. The highest BCUT2D eigenvalue weighted by Gasteiger charge is 2.42. The van der Waals surface area contributed by atoms with Gasteiger partial charge in [-0.3, -0.25) is 9.69 Å². The second-order valence-electron chi connectivity index (χ2n) is 9.03. The van der Waals surface area contributed by atoms with Gasteiger partial charge in [0.15, 0.2) is 5.17 Å². The first-order valence-electron chi connectivity index (χ1n) is 11.8. The van der Waals surface area contributed by atoms with Crippen LogP contribution in [0.5, 0.6) is 5.75 Å². The van der Waals surface area contributed by atoms with Crippen LogP contribution in [0.15, 0.2) is 74.4 Å². The molecule has 1 saturated heterocycles. The van der Waals surface area contributed by atoms with Gasteiger partial charge in [-0.2, -0.15) is 0 Å². The average Bonchev–Trinajstić information content (AvgIpc) is 3.37. The van der Waals surface area contributed by atoms with Crippen molar-refractivity contribution in [3.05, 3.63) is 69.6 Å². The molecule has 5 nitrogen and oxygen atoms in total. The first kappa shape index (κ1) is 22.8. The van der Waals surface area contributed by atoms with Crippen molar-refractivity contribution in [3.8, 4) is 5.75 Å². The summed E-state index contributed by atoms with van der Waals surface area (Å²) in [5.41, 5.74) is 1.51. The van der Waals surface area contributed by atoms with E-state index < -0.39 is 0 Å². The predicted octanol–water partition coefficient (Wildman–Crippen LogP) is 7.51. The zero-order chi connectivity index (χ0) is 24.1. The number of aliphatic imine (C=N–C) groups is 1. The Morgan fingerprint density at radius 2 is 1.83 bits per heavy atom. The van der Waals surface area contributed by atoms with E-state index in [0.29, 0.717) is 20.8 Å². The molecule has 2 heterocycles. The number of carbonyl (C=O) groups excluding carboxylic acids is 1. The highest BCUT2D eigenvalue weighted by molar-refractivity contribution is 8.19. The topological polar surface area (TPSA) is 56.1 Å². The maximum Gasteiger partial charge on any atom is 0.269 e. The summed E-state index contributed by atoms with van der Waals surface area (Å²) in [6, 6.07) is 17.4. The lowest BCUT2D eigenvalue weighted by atomic mass is 9.94. The SMILES string of the molecule is CN1C(=C2SC(=Nc3c(O)ccc4ccccc34)N(C3CCCCC3)C2=O)Sc2ccc(Cl)cc21. The quantitative estimate of drug-likeness (QED) is 0.354. The maximum absolute atomic E-state index is 13.9. The third kappa shape index (κ3) is 3.99. The zero-order valence-electron chi connectivity index (χ0n) is 19.2. The number of phenols is 1. The minimum Gasteiger partial charge on any atom is -0.506 e. The predicted molar refractivity (Wildman–Crippen MR) is 147 cm³/mol. The molecule has 1 saturated carbocycles. The molecule has 178 valence electrons. The van der Waals surface area contributed by atoms with Crippen LogP contribution < -0.4 is 4.90 Å². The summed E-state index contributed by atoms with van der Waals surface area (Å²) in [4.78, 5) is 24.6. The molecule has 8 heteroatoms. The number of halogens is 1. The number of aromatic hydroxyl groups is 1. The fraction of sp³-hybridized carbons (Fsp3) is 0.259. The number of hydrogen-bond acceptors (Lipinski definition) is 6. The summed E-state index contributed by atoms with van der Waals surface area (Å²) in [5.74, 6) is 0.108. The Bertz CT molecular complexity index is 1410. The molecule has 3 aromatic carbocycles. The minimum absolute atomic E-state index is 0.00590. The number of thioether (sulfide) groups is 2. The van der Waals surface area contributed by atoms with Crippen molar-refractivity contribution in [3.63, 3.8) is 0 Å². The van der Waals surface area contributed by atoms with Crippen LogP contribution in [0.25, 0.3) is 10.8 Å². The van der Waals surface area contributed by atoms with Crippen LogP contribution in [0.2, 0.25) is 5.02 Å². The summed E-state index contributed by atoms with van der Waals surface area (Å²) in [6.45, 7) is 0. The Hall–Kier alpha value is -2.61. The number of anilines is 1. The number of nitrogens with zero attached hydrogens (tertiary/aromatic N) is 3. The molecule has 0 unspecified atom stereocenters. The number of amidine groups is 1. The van der Waals surface area contributed by atoms with Gasteiger partial charge < -0.3 is 10.0 Å². The first-order valence-corrected chi connectivity index (χ1v) is 13.8. The molecule has 0 bridgehead atoms. The van der Waals surface area contributed by atoms with Gasteiger partial charge in [0.25, 0.3) is 5.91 Å².